The Labute approximate surface area is 165 Å². The van der Waals surface area contributed by atoms with Crippen molar-refractivity contribution < 1.29 is 18.7 Å². The number of carbonyl (C=O) groups is 1. The van der Waals surface area contributed by atoms with Crippen LogP contribution in [-0.4, -0.2) is 51.3 Å². The Hall–Kier alpha value is -2.64. The summed E-state index contributed by atoms with van der Waals surface area (Å²) in [6.45, 7) is 3.28. The molecule has 7 heteroatoms. The lowest BCUT2D eigenvalue weighted by Crippen LogP contribution is -2.32. The van der Waals surface area contributed by atoms with E-state index < -0.39 is 0 Å². The Morgan fingerprint density at radius 1 is 1.14 bits per heavy atom. The SMILES string of the molecule is COCCN(C)CCCNC(=O)Nc1cccc(OCc2cccc(F)c2)c1. The van der Waals surface area contributed by atoms with Crippen molar-refractivity contribution in [1.29, 1.82) is 0 Å². The first-order valence-corrected chi connectivity index (χ1v) is 9.26. The lowest BCUT2D eigenvalue weighted by molar-refractivity contribution is 0.160. The molecule has 2 amide bonds. The third-order valence-electron chi connectivity index (χ3n) is 4.07. The van der Waals surface area contributed by atoms with E-state index in [1.807, 2.05) is 7.05 Å². The summed E-state index contributed by atoms with van der Waals surface area (Å²) in [5.41, 5.74) is 1.37. The van der Waals surface area contributed by atoms with Crippen molar-refractivity contribution >= 4 is 11.7 Å². The number of nitrogens with one attached hydrogen (secondary N) is 2. The zero-order chi connectivity index (χ0) is 20.2. The fourth-order valence-corrected chi connectivity index (χ4v) is 2.54. The largest absolute Gasteiger partial charge is 0.489 e. The highest BCUT2D eigenvalue weighted by atomic mass is 19.1. The molecule has 2 aromatic carbocycles. The van der Waals surface area contributed by atoms with Gasteiger partial charge in [-0.3, -0.25) is 0 Å². The quantitative estimate of drug-likeness (QED) is 0.578. The number of ether oxygens (including phenoxy) is 2. The van der Waals surface area contributed by atoms with E-state index in [4.69, 9.17) is 9.47 Å². The second-order valence-corrected chi connectivity index (χ2v) is 6.48. The van der Waals surface area contributed by atoms with Gasteiger partial charge in [0.25, 0.3) is 0 Å². The molecule has 6 nitrogen and oxygen atoms in total. The highest BCUT2D eigenvalue weighted by Gasteiger charge is 2.04. The van der Waals surface area contributed by atoms with E-state index in [1.54, 1.807) is 43.5 Å². The predicted molar refractivity (Wildman–Crippen MR) is 108 cm³/mol. The molecule has 0 aliphatic rings. The second kappa shape index (κ2) is 11.9. The molecular weight excluding hydrogens is 361 g/mol. The molecule has 0 atom stereocenters. The summed E-state index contributed by atoms with van der Waals surface area (Å²) in [6.07, 6.45) is 0.852. The molecule has 0 aliphatic carbocycles. The van der Waals surface area contributed by atoms with E-state index in [0.29, 0.717) is 24.6 Å². The van der Waals surface area contributed by atoms with Crippen molar-refractivity contribution in [2.75, 3.05) is 45.7 Å². The normalized spacial score (nSPS) is 10.7. The molecule has 2 aromatic rings. The first-order valence-electron chi connectivity index (χ1n) is 9.26. The minimum absolute atomic E-state index is 0.254. The number of benzene rings is 2. The van der Waals surface area contributed by atoms with Crippen LogP contribution in [0.4, 0.5) is 14.9 Å². The van der Waals surface area contributed by atoms with Gasteiger partial charge in [0.2, 0.25) is 0 Å². The number of carbonyl (C=O) groups excluding carboxylic acids is 1. The van der Waals surface area contributed by atoms with Crippen LogP contribution in [0, 0.1) is 5.82 Å². The highest BCUT2D eigenvalue weighted by molar-refractivity contribution is 5.89. The maximum absolute atomic E-state index is 13.2. The van der Waals surface area contributed by atoms with Crippen molar-refractivity contribution in [1.82, 2.24) is 10.2 Å². The van der Waals surface area contributed by atoms with Crippen LogP contribution in [0.25, 0.3) is 0 Å². The molecule has 0 saturated heterocycles. The molecule has 0 aromatic heterocycles. The summed E-state index contributed by atoms with van der Waals surface area (Å²) < 4.78 is 23.9. The van der Waals surface area contributed by atoms with Gasteiger partial charge in [0.15, 0.2) is 0 Å². The fraction of sp³-hybridized carbons (Fsp3) is 0.381. The van der Waals surface area contributed by atoms with Crippen LogP contribution in [-0.2, 0) is 11.3 Å². The van der Waals surface area contributed by atoms with Crippen LogP contribution < -0.4 is 15.4 Å². The average molecular weight is 389 g/mol. The van der Waals surface area contributed by atoms with Crippen LogP contribution >= 0.6 is 0 Å². The van der Waals surface area contributed by atoms with E-state index in [9.17, 15) is 9.18 Å². The Kier molecular flexibility index (Phi) is 9.24. The Morgan fingerprint density at radius 2 is 1.96 bits per heavy atom. The van der Waals surface area contributed by atoms with Gasteiger partial charge in [0.1, 0.15) is 18.2 Å². The molecule has 0 spiro atoms. The van der Waals surface area contributed by atoms with Gasteiger partial charge in [-0.1, -0.05) is 18.2 Å². The van der Waals surface area contributed by atoms with Crippen LogP contribution in [0.15, 0.2) is 48.5 Å². The van der Waals surface area contributed by atoms with E-state index in [0.717, 1.165) is 25.1 Å². The summed E-state index contributed by atoms with van der Waals surface area (Å²) in [6, 6.07) is 13.1. The molecule has 0 heterocycles. The number of halogens is 1. The molecule has 0 saturated carbocycles. The van der Waals surface area contributed by atoms with Crippen molar-refractivity contribution in [2.24, 2.45) is 0 Å². The van der Waals surface area contributed by atoms with Gasteiger partial charge in [-0.15, -0.1) is 0 Å². The van der Waals surface area contributed by atoms with Gasteiger partial charge in [-0.2, -0.15) is 0 Å². The van der Waals surface area contributed by atoms with Crippen LogP contribution in [0.1, 0.15) is 12.0 Å². The monoisotopic (exact) mass is 389 g/mol. The fourth-order valence-electron chi connectivity index (χ4n) is 2.54. The topological polar surface area (TPSA) is 62.8 Å². The minimum Gasteiger partial charge on any atom is -0.489 e. The average Bonchev–Trinajstić information content (AvgIpc) is 2.68. The number of anilines is 1. The molecule has 152 valence electrons. The number of methoxy groups -OCH3 is 1. The number of nitrogens with zero attached hydrogens (tertiary/aromatic N) is 1. The van der Waals surface area contributed by atoms with Crippen molar-refractivity contribution in [2.45, 2.75) is 13.0 Å². The minimum atomic E-state index is -0.293. The number of urea groups is 1. The summed E-state index contributed by atoms with van der Waals surface area (Å²) in [4.78, 5) is 14.2. The molecular formula is C21H28FN3O3. The number of rotatable bonds is 11. The molecule has 0 unspecified atom stereocenters. The zero-order valence-corrected chi connectivity index (χ0v) is 16.4. The number of amides is 2. The maximum Gasteiger partial charge on any atom is 0.319 e. The van der Waals surface area contributed by atoms with Gasteiger partial charge in [0.05, 0.1) is 6.61 Å². The predicted octanol–water partition coefficient (Wildman–Crippen LogP) is 3.49. The van der Waals surface area contributed by atoms with Crippen LogP contribution in [0.5, 0.6) is 5.75 Å². The smallest absolute Gasteiger partial charge is 0.319 e. The van der Waals surface area contributed by atoms with Gasteiger partial charge in [0, 0.05) is 32.0 Å². The van der Waals surface area contributed by atoms with Crippen LogP contribution in [0.2, 0.25) is 0 Å². The summed E-state index contributed by atoms with van der Waals surface area (Å²) in [5.74, 6) is 0.305. The van der Waals surface area contributed by atoms with E-state index in [-0.39, 0.29) is 18.5 Å². The standard InChI is InChI=1S/C21H28FN3O3/c1-25(12-13-27-2)11-5-10-23-21(26)24-19-8-4-9-20(15-19)28-16-17-6-3-7-18(22)14-17/h3-4,6-9,14-15H,5,10-13,16H2,1-2H3,(H2,23,24,26). The first-order chi connectivity index (χ1) is 13.6. The van der Waals surface area contributed by atoms with E-state index >= 15 is 0 Å². The Bertz CT molecular complexity index is 742. The lowest BCUT2D eigenvalue weighted by Gasteiger charge is -2.16. The highest BCUT2D eigenvalue weighted by Crippen LogP contribution is 2.18. The first kappa shape index (κ1) is 21.7. The molecule has 2 N–H and O–H groups in total. The second-order valence-electron chi connectivity index (χ2n) is 6.48. The van der Waals surface area contributed by atoms with E-state index in [1.165, 1.54) is 12.1 Å². The Balaban J connectivity index is 1.72. The van der Waals surface area contributed by atoms with Gasteiger partial charge >= 0.3 is 6.03 Å². The maximum atomic E-state index is 13.2. The van der Waals surface area contributed by atoms with Crippen LogP contribution in [0.3, 0.4) is 0 Å². The summed E-state index contributed by atoms with van der Waals surface area (Å²) >= 11 is 0. The third kappa shape index (κ3) is 8.37. The van der Waals surface area contributed by atoms with Gasteiger partial charge < -0.3 is 25.0 Å². The number of likely N-dealkylation sites (N-methyl/N-ethyl adjacent to an activating group) is 1. The zero-order valence-electron chi connectivity index (χ0n) is 16.4. The number of hydrogen-bond donors (Lipinski definition) is 2. The van der Waals surface area contributed by atoms with Crippen molar-refractivity contribution in [3.8, 4) is 5.75 Å². The molecule has 28 heavy (non-hydrogen) atoms. The number of hydrogen-bond acceptors (Lipinski definition) is 4. The molecule has 0 fully saturated rings. The third-order valence-corrected chi connectivity index (χ3v) is 4.07. The molecule has 0 bridgehead atoms. The van der Waals surface area contributed by atoms with Crippen molar-refractivity contribution in [3.63, 3.8) is 0 Å². The molecule has 0 aliphatic heterocycles. The van der Waals surface area contributed by atoms with E-state index in [2.05, 4.69) is 15.5 Å². The summed E-state index contributed by atoms with van der Waals surface area (Å²) in [7, 11) is 3.70. The van der Waals surface area contributed by atoms with Crippen molar-refractivity contribution in [3.05, 3.63) is 59.9 Å². The molecule has 0 radical (unpaired) electrons. The Morgan fingerprint density at radius 3 is 2.75 bits per heavy atom. The summed E-state index contributed by atoms with van der Waals surface area (Å²) in [5, 5.41) is 5.62. The lowest BCUT2D eigenvalue weighted by atomic mass is 10.2. The van der Waals surface area contributed by atoms with Gasteiger partial charge in [-0.25, -0.2) is 9.18 Å². The van der Waals surface area contributed by atoms with Gasteiger partial charge in [-0.05, 0) is 49.8 Å². The molecule has 2 rings (SSSR count).